The van der Waals surface area contributed by atoms with E-state index in [4.69, 9.17) is 4.74 Å². The SMILES string of the molecule is COc1ccc(CN=S(C)(=O)c2c(C)nc3ccc(-c4noc(C(F)(F)F)n4)cn23)cc1. The van der Waals surface area contributed by atoms with Crippen molar-refractivity contribution in [3.05, 3.63) is 59.7 Å². The molecule has 0 bridgehead atoms. The maximum Gasteiger partial charge on any atom is 0.471 e. The molecule has 0 radical (unpaired) electrons. The van der Waals surface area contributed by atoms with Gasteiger partial charge in [0.25, 0.3) is 0 Å². The first kappa shape index (κ1) is 21.8. The van der Waals surface area contributed by atoms with Crippen molar-refractivity contribution in [1.29, 1.82) is 0 Å². The van der Waals surface area contributed by atoms with Gasteiger partial charge in [-0.25, -0.2) is 13.6 Å². The van der Waals surface area contributed by atoms with Gasteiger partial charge >= 0.3 is 12.1 Å². The molecule has 0 saturated heterocycles. The van der Waals surface area contributed by atoms with Gasteiger partial charge in [-0.15, -0.1) is 0 Å². The molecular formula is C20H18F3N5O3S. The number of halogens is 3. The van der Waals surface area contributed by atoms with E-state index < -0.39 is 21.8 Å². The number of hydrogen-bond donors (Lipinski definition) is 0. The molecule has 3 aromatic heterocycles. The van der Waals surface area contributed by atoms with Crippen LogP contribution in [0.15, 0.2) is 56.5 Å². The third-order valence-corrected chi connectivity index (χ3v) is 6.51. The first-order valence-corrected chi connectivity index (χ1v) is 11.2. The second-order valence-electron chi connectivity index (χ2n) is 7.01. The number of fused-ring (bicyclic) bond motifs is 1. The lowest BCUT2D eigenvalue weighted by Gasteiger charge is -2.07. The Balaban J connectivity index is 1.74. The monoisotopic (exact) mass is 465 g/mol. The van der Waals surface area contributed by atoms with Crippen molar-refractivity contribution in [1.82, 2.24) is 19.5 Å². The topological polar surface area (TPSA) is 94.9 Å². The van der Waals surface area contributed by atoms with E-state index in [9.17, 15) is 17.4 Å². The number of imidazole rings is 1. The number of aryl methyl sites for hydroxylation is 1. The summed E-state index contributed by atoms with van der Waals surface area (Å²) in [5.41, 5.74) is 2.06. The highest BCUT2D eigenvalue weighted by Gasteiger charge is 2.38. The summed E-state index contributed by atoms with van der Waals surface area (Å²) in [6.45, 7) is 1.90. The predicted molar refractivity (Wildman–Crippen MR) is 110 cm³/mol. The molecule has 0 N–H and O–H groups in total. The Morgan fingerprint density at radius 1 is 1.16 bits per heavy atom. The van der Waals surface area contributed by atoms with Crippen LogP contribution in [0.3, 0.4) is 0 Å². The van der Waals surface area contributed by atoms with Crippen molar-refractivity contribution in [2.24, 2.45) is 4.36 Å². The molecule has 0 aliphatic rings. The number of alkyl halides is 3. The minimum Gasteiger partial charge on any atom is -0.497 e. The molecular weight excluding hydrogens is 447 g/mol. The van der Waals surface area contributed by atoms with E-state index in [-0.39, 0.29) is 17.9 Å². The first-order chi connectivity index (χ1) is 15.1. The van der Waals surface area contributed by atoms with Gasteiger partial charge in [0.05, 0.1) is 29.1 Å². The molecule has 32 heavy (non-hydrogen) atoms. The third-order valence-electron chi connectivity index (χ3n) is 4.68. The lowest BCUT2D eigenvalue weighted by molar-refractivity contribution is -0.159. The summed E-state index contributed by atoms with van der Waals surface area (Å²) in [5, 5.41) is 3.75. The third kappa shape index (κ3) is 4.17. The van der Waals surface area contributed by atoms with Crippen LogP contribution in [0.2, 0.25) is 0 Å². The minimum absolute atomic E-state index is 0.200. The van der Waals surface area contributed by atoms with Crippen molar-refractivity contribution in [3.63, 3.8) is 0 Å². The van der Waals surface area contributed by atoms with Gasteiger partial charge in [0.1, 0.15) is 16.4 Å². The van der Waals surface area contributed by atoms with Crippen molar-refractivity contribution in [2.45, 2.75) is 24.7 Å². The summed E-state index contributed by atoms with van der Waals surface area (Å²) < 4.78 is 67.3. The standard InChI is InChI=1S/C20H18F3N5O3S/c1-12-18(32(3,29)24-10-13-4-7-15(30-2)8-5-13)28-11-14(6-9-16(28)25-12)17-26-19(31-27-17)20(21,22)23/h4-9,11H,10H2,1-3H3. The maximum atomic E-state index is 13.5. The number of methoxy groups -OCH3 is 1. The molecule has 0 amide bonds. The Hall–Kier alpha value is -3.41. The molecule has 1 unspecified atom stereocenters. The van der Waals surface area contributed by atoms with Gasteiger partial charge in [-0.3, -0.25) is 4.40 Å². The number of aromatic nitrogens is 4. The van der Waals surface area contributed by atoms with Gasteiger partial charge in [-0.05, 0) is 36.8 Å². The fourth-order valence-electron chi connectivity index (χ4n) is 3.18. The second kappa shape index (κ2) is 7.93. The zero-order chi connectivity index (χ0) is 23.1. The number of pyridine rings is 1. The Morgan fingerprint density at radius 2 is 1.88 bits per heavy atom. The average molecular weight is 465 g/mol. The summed E-state index contributed by atoms with van der Waals surface area (Å²) in [4.78, 5) is 7.81. The summed E-state index contributed by atoms with van der Waals surface area (Å²) in [6, 6.07) is 10.3. The van der Waals surface area contributed by atoms with E-state index in [1.165, 1.54) is 22.9 Å². The molecule has 4 aromatic rings. The Kier molecular flexibility index (Phi) is 5.41. The molecule has 4 rings (SSSR count). The highest BCUT2D eigenvalue weighted by atomic mass is 32.2. The van der Waals surface area contributed by atoms with Crippen LogP contribution in [0.4, 0.5) is 13.2 Å². The first-order valence-electron chi connectivity index (χ1n) is 9.29. The van der Waals surface area contributed by atoms with Crippen molar-refractivity contribution < 1.29 is 26.6 Å². The highest BCUT2D eigenvalue weighted by molar-refractivity contribution is 7.92. The molecule has 1 atom stereocenters. The summed E-state index contributed by atoms with van der Waals surface area (Å²) >= 11 is 0. The molecule has 0 spiro atoms. The van der Waals surface area contributed by atoms with Gasteiger partial charge < -0.3 is 9.26 Å². The lowest BCUT2D eigenvalue weighted by atomic mass is 10.2. The maximum absolute atomic E-state index is 13.5. The van der Waals surface area contributed by atoms with E-state index in [1.807, 2.05) is 12.1 Å². The van der Waals surface area contributed by atoms with E-state index >= 15 is 0 Å². The number of hydrogen-bond acceptors (Lipinski definition) is 7. The second-order valence-corrected chi connectivity index (χ2v) is 9.26. The molecule has 12 heteroatoms. The zero-order valence-electron chi connectivity index (χ0n) is 17.3. The molecule has 0 saturated carbocycles. The van der Waals surface area contributed by atoms with E-state index in [2.05, 4.69) is 24.0 Å². The van der Waals surface area contributed by atoms with Crippen LogP contribution < -0.4 is 4.74 Å². The van der Waals surface area contributed by atoms with E-state index in [0.29, 0.717) is 22.1 Å². The van der Waals surface area contributed by atoms with Crippen LogP contribution in [-0.2, 0) is 22.5 Å². The molecule has 3 heterocycles. The quantitative estimate of drug-likeness (QED) is 0.434. The van der Waals surface area contributed by atoms with Gasteiger partial charge in [-0.1, -0.05) is 17.3 Å². The molecule has 8 nitrogen and oxygen atoms in total. The smallest absolute Gasteiger partial charge is 0.471 e. The lowest BCUT2D eigenvalue weighted by Crippen LogP contribution is -2.05. The predicted octanol–water partition coefficient (Wildman–Crippen LogP) is 4.38. The van der Waals surface area contributed by atoms with Crippen LogP contribution in [0.1, 0.15) is 17.1 Å². The van der Waals surface area contributed by atoms with Crippen LogP contribution in [0.25, 0.3) is 17.0 Å². The van der Waals surface area contributed by atoms with Gasteiger partial charge in [0.2, 0.25) is 5.82 Å². The van der Waals surface area contributed by atoms with Crippen molar-refractivity contribution >= 4 is 15.4 Å². The Bertz CT molecular complexity index is 1400. The van der Waals surface area contributed by atoms with Gasteiger partial charge in [0, 0.05) is 18.0 Å². The largest absolute Gasteiger partial charge is 0.497 e. The number of rotatable bonds is 5. The van der Waals surface area contributed by atoms with Gasteiger partial charge in [0.15, 0.2) is 0 Å². The summed E-state index contributed by atoms with van der Waals surface area (Å²) in [6.07, 6.45) is -1.78. The minimum atomic E-state index is -4.75. The zero-order valence-corrected chi connectivity index (χ0v) is 18.1. The average Bonchev–Trinajstić information content (AvgIpc) is 3.36. The Morgan fingerprint density at radius 3 is 2.50 bits per heavy atom. The summed E-state index contributed by atoms with van der Waals surface area (Å²) in [5.74, 6) is -0.982. The van der Waals surface area contributed by atoms with Crippen LogP contribution in [-0.4, -0.2) is 37.1 Å². The van der Waals surface area contributed by atoms with Crippen LogP contribution >= 0.6 is 0 Å². The normalized spacial score (nSPS) is 13.8. The Labute approximate surface area is 181 Å². The fourth-order valence-corrected chi connectivity index (χ4v) is 4.80. The highest BCUT2D eigenvalue weighted by Crippen LogP contribution is 2.30. The molecule has 0 fully saturated rings. The van der Waals surface area contributed by atoms with Crippen molar-refractivity contribution in [3.8, 4) is 17.1 Å². The van der Waals surface area contributed by atoms with E-state index in [1.54, 1.807) is 32.2 Å². The van der Waals surface area contributed by atoms with Crippen LogP contribution in [0, 0.1) is 6.92 Å². The molecule has 168 valence electrons. The summed E-state index contributed by atoms with van der Waals surface area (Å²) in [7, 11) is -1.34. The molecule has 0 aliphatic carbocycles. The van der Waals surface area contributed by atoms with Crippen molar-refractivity contribution in [2.75, 3.05) is 13.4 Å². The van der Waals surface area contributed by atoms with Gasteiger partial charge in [-0.2, -0.15) is 18.2 Å². The number of ether oxygens (including phenoxy) is 1. The van der Waals surface area contributed by atoms with E-state index in [0.717, 1.165) is 5.56 Å². The number of nitrogens with zero attached hydrogens (tertiary/aromatic N) is 5. The molecule has 0 aliphatic heterocycles. The van der Waals surface area contributed by atoms with Crippen LogP contribution in [0.5, 0.6) is 5.75 Å². The number of benzene rings is 1. The molecule has 1 aromatic carbocycles. The fraction of sp³-hybridized carbons (Fsp3) is 0.250.